The van der Waals surface area contributed by atoms with Crippen molar-refractivity contribution >= 4 is 17.3 Å². The highest BCUT2D eigenvalue weighted by atomic mass is 35.5. The average Bonchev–Trinajstić information content (AvgIpc) is 1.88. The Hall–Kier alpha value is -1.09. The number of hydrogen-bond acceptors (Lipinski definition) is 2. The number of nitrogens with zero attached hydrogens (tertiary/aromatic N) is 1. The Morgan fingerprint density at radius 2 is 2.30 bits per heavy atom. The molecule has 1 aromatic carbocycles. The third-order valence-corrected chi connectivity index (χ3v) is 1.17. The first-order valence-electron chi connectivity index (χ1n) is 2.51. The van der Waals surface area contributed by atoms with Crippen LogP contribution in [-0.2, 0) is 0 Å². The summed E-state index contributed by atoms with van der Waals surface area (Å²) in [5, 5.41) is 10.4. The van der Waals surface area contributed by atoms with E-state index in [0.29, 0.717) is 5.02 Å². The molecular weight excluding hydrogens is 154 g/mol. The van der Waals surface area contributed by atoms with Crippen molar-refractivity contribution in [3.8, 4) is 0 Å². The van der Waals surface area contributed by atoms with E-state index in [2.05, 4.69) is 6.07 Å². The number of benzene rings is 1. The molecule has 0 unspecified atom stereocenters. The Morgan fingerprint density at radius 1 is 1.60 bits per heavy atom. The van der Waals surface area contributed by atoms with E-state index in [1.807, 2.05) is 0 Å². The smallest absolute Gasteiger partial charge is 0.258 e. The average molecular weight is 157 g/mol. The molecule has 1 aromatic rings. The van der Waals surface area contributed by atoms with Gasteiger partial charge in [0.2, 0.25) is 0 Å². The van der Waals surface area contributed by atoms with Crippen molar-refractivity contribution in [1.82, 2.24) is 0 Å². The number of halogens is 1. The van der Waals surface area contributed by atoms with Gasteiger partial charge >= 0.3 is 0 Å². The Bertz CT molecular complexity index is 262. The second kappa shape index (κ2) is 2.66. The molecule has 0 aliphatic carbocycles. The zero-order valence-corrected chi connectivity index (χ0v) is 5.63. The van der Waals surface area contributed by atoms with Gasteiger partial charge in [0.25, 0.3) is 5.69 Å². The van der Waals surface area contributed by atoms with E-state index < -0.39 is 4.92 Å². The summed E-state index contributed by atoms with van der Waals surface area (Å²) in [4.78, 5) is 9.57. The summed E-state index contributed by atoms with van der Waals surface area (Å²) in [5.74, 6) is 0. The highest BCUT2D eigenvalue weighted by Gasteiger charge is 2.02. The molecule has 1 radical (unpaired) electrons. The molecule has 4 heteroatoms. The maximum absolute atomic E-state index is 10.1. The van der Waals surface area contributed by atoms with Crippen LogP contribution in [0, 0.1) is 16.2 Å². The van der Waals surface area contributed by atoms with Gasteiger partial charge in [-0.2, -0.15) is 0 Å². The molecule has 0 spiro atoms. The monoisotopic (exact) mass is 156 g/mol. The van der Waals surface area contributed by atoms with Gasteiger partial charge in [-0.05, 0) is 12.1 Å². The van der Waals surface area contributed by atoms with Gasteiger partial charge < -0.3 is 0 Å². The lowest BCUT2D eigenvalue weighted by Gasteiger charge is -1.88. The minimum Gasteiger partial charge on any atom is -0.258 e. The zero-order chi connectivity index (χ0) is 7.56. The Morgan fingerprint density at radius 3 is 2.70 bits per heavy atom. The third-order valence-electron chi connectivity index (χ3n) is 0.949. The van der Waals surface area contributed by atoms with Crippen LogP contribution in [0.15, 0.2) is 18.2 Å². The number of hydrogen-bond donors (Lipinski definition) is 0. The molecule has 0 bridgehead atoms. The molecule has 0 aliphatic rings. The number of non-ortho nitro benzene ring substituents is 1. The number of rotatable bonds is 1. The van der Waals surface area contributed by atoms with Crippen LogP contribution in [0.25, 0.3) is 0 Å². The minimum absolute atomic E-state index is 0.0347. The molecular formula is C6H3ClNO2. The summed E-state index contributed by atoms with van der Waals surface area (Å²) in [7, 11) is 0. The maximum atomic E-state index is 10.1. The fraction of sp³-hybridized carbons (Fsp3) is 0. The number of nitro groups is 1. The second-order valence-corrected chi connectivity index (χ2v) is 2.10. The predicted molar refractivity (Wildman–Crippen MR) is 36.9 cm³/mol. The van der Waals surface area contributed by atoms with E-state index in [4.69, 9.17) is 11.6 Å². The van der Waals surface area contributed by atoms with Gasteiger partial charge in [-0.3, -0.25) is 10.1 Å². The normalized spacial score (nSPS) is 9.30. The van der Waals surface area contributed by atoms with Gasteiger partial charge in [0.1, 0.15) is 0 Å². The molecule has 0 N–H and O–H groups in total. The molecule has 10 heavy (non-hydrogen) atoms. The van der Waals surface area contributed by atoms with E-state index in [1.165, 1.54) is 18.2 Å². The van der Waals surface area contributed by atoms with Crippen LogP contribution in [0.1, 0.15) is 0 Å². The summed E-state index contributed by atoms with van der Waals surface area (Å²) in [6.45, 7) is 0. The minimum atomic E-state index is -0.512. The highest BCUT2D eigenvalue weighted by molar-refractivity contribution is 6.30. The first-order chi connectivity index (χ1) is 4.70. The fourth-order valence-corrected chi connectivity index (χ4v) is 0.711. The molecule has 3 nitrogen and oxygen atoms in total. The molecule has 0 aliphatic heterocycles. The standard InChI is InChI=1S/C6H3ClNO2/c7-5-2-1-3-6(4-5)8(9)10/h2-4H. The van der Waals surface area contributed by atoms with Gasteiger partial charge in [-0.25, -0.2) is 0 Å². The lowest BCUT2D eigenvalue weighted by molar-refractivity contribution is -0.384. The van der Waals surface area contributed by atoms with Crippen LogP contribution < -0.4 is 0 Å². The van der Waals surface area contributed by atoms with Crippen LogP contribution in [0.2, 0.25) is 5.02 Å². The predicted octanol–water partition coefficient (Wildman–Crippen LogP) is 2.05. The van der Waals surface area contributed by atoms with Gasteiger partial charge in [0.15, 0.2) is 0 Å². The molecule has 0 fully saturated rings. The Kier molecular flexibility index (Phi) is 1.87. The molecule has 0 saturated carbocycles. The maximum Gasteiger partial charge on any atom is 0.271 e. The van der Waals surface area contributed by atoms with Gasteiger partial charge in [0, 0.05) is 17.2 Å². The largest absolute Gasteiger partial charge is 0.271 e. The van der Waals surface area contributed by atoms with Crippen molar-refractivity contribution in [2.45, 2.75) is 0 Å². The second-order valence-electron chi connectivity index (χ2n) is 1.67. The van der Waals surface area contributed by atoms with Crippen molar-refractivity contribution in [3.63, 3.8) is 0 Å². The molecule has 1 rings (SSSR count). The van der Waals surface area contributed by atoms with E-state index in [1.54, 1.807) is 0 Å². The molecule has 0 amide bonds. The topological polar surface area (TPSA) is 43.1 Å². The van der Waals surface area contributed by atoms with E-state index >= 15 is 0 Å². The van der Waals surface area contributed by atoms with Crippen LogP contribution >= 0.6 is 11.6 Å². The Balaban J connectivity index is 3.07. The highest BCUT2D eigenvalue weighted by Crippen LogP contribution is 2.15. The quantitative estimate of drug-likeness (QED) is 0.461. The SMILES string of the molecule is O=[N+]([O-])c1c[c]cc(Cl)c1. The molecule has 0 heterocycles. The first kappa shape index (κ1) is 7.02. The lowest BCUT2D eigenvalue weighted by atomic mass is 10.3. The van der Waals surface area contributed by atoms with E-state index in [9.17, 15) is 10.1 Å². The van der Waals surface area contributed by atoms with Crippen LogP contribution in [0.4, 0.5) is 5.69 Å². The molecule has 51 valence electrons. The lowest BCUT2D eigenvalue weighted by Crippen LogP contribution is -1.85. The summed E-state index contributed by atoms with van der Waals surface area (Å²) in [6.07, 6.45) is 0. The summed E-state index contributed by atoms with van der Waals surface area (Å²) in [6, 6.07) is 6.55. The van der Waals surface area contributed by atoms with Crippen LogP contribution in [0.5, 0.6) is 0 Å². The fourth-order valence-electron chi connectivity index (χ4n) is 0.537. The Labute approximate surface area is 62.4 Å². The molecule has 0 saturated heterocycles. The van der Waals surface area contributed by atoms with Crippen molar-refractivity contribution < 1.29 is 4.92 Å². The third kappa shape index (κ3) is 1.45. The zero-order valence-electron chi connectivity index (χ0n) is 4.87. The van der Waals surface area contributed by atoms with Gasteiger partial charge in [0.05, 0.1) is 4.92 Å². The molecule has 0 aromatic heterocycles. The van der Waals surface area contributed by atoms with Gasteiger partial charge in [-0.1, -0.05) is 11.6 Å². The summed E-state index contributed by atoms with van der Waals surface area (Å²) >= 11 is 5.45. The summed E-state index contributed by atoms with van der Waals surface area (Å²) in [5.41, 5.74) is -0.0347. The summed E-state index contributed by atoms with van der Waals surface area (Å²) < 4.78 is 0. The van der Waals surface area contributed by atoms with Crippen LogP contribution in [0.3, 0.4) is 0 Å². The van der Waals surface area contributed by atoms with Gasteiger partial charge in [-0.15, -0.1) is 0 Å². The van der Waals surface area contributed by atoms with Crippen LogP contribution in [-0.4, -0.2) is 4.92 Å². The van der Waals surface area contributed by atoms with Crippen molar-refractivity contribution in [3.05, 3.63) is 39.4 Å². The molecule has 0 atom stereocenters. The van der Waals surface area contributed by atoms with Crippen molar-refractivity contribution in [1.29, 1.82) is 0 Å². The first-order valence-corrected chi connectivity index (χ1v) is 2.89. The van der Waals surface area contributed by atoms with E-state index in [-0.39, 0.29) is 5.69 Å². The van der Waals surface area contributed by atoms with Crippen molar-refractivity contribution in [2.75, 3.05) is 0 Å². The number of nitro benzene ring substituents is 1. The van der Waals surface area contributed by atoms with Crippen molar-refractivity contribution in [2.24, 2.45) is 0 Å². The van der Waals surface area contributed by atoms with E-state index in [0.717, 1.165) is 0 Å².